The average molecular weight is 313 g/mol. The summed E-state index contributed by atoms with van der Waals surface area (Å²) in [6, 6.07) is 5.67. The molecule has 1 aromatic carbocycles. The Balaban J connectivity index is 2.65. The second-order valence-electron chi connectivity index (χ2n) is 4.51. The van der Waals surface area contributed by atoms with E-state index in [-0.39, 0.29) is 11.9 Å². The molecule has 100 valence electrons. The van der Waals surface area contributed by atoms with Gasteiger partial charge in [-0.15, -0.1) is 0 Å². The molecule has 0 saturated heterocycles. The van der Waals surface area contributed by atoms with Crippen LogP contribution in [-0.4, -0.2) is 18.5 Å². The highest BCUT2D eigenvalue weighted by Gasteiger charge is 2.12. The predicted molar refractivity (Wildman–Crippen MR) is 78.7 cm³/mol. The summed E-state index contributed by atoms with van der Waals surface area (Å²) in [5.74, 6) is -0.0443. The standard InChI is InChI=1S/C14H21BrN2O/c1-3-4-5-12(9-16)17-14(18)11-6-7-13(15)10(2)8-11/h6-8,12H,3-5,9,16H2,1-2H3,(H,17,18). The van der Waals surface area contributed by atoms with Crippen LogP contribution in [0.15, 0.2) is 22.7 Å². The van der Waals surface area contributed by atoms with Crippen LogP contribution < -0.4 is 11.1 Å². The summed E-state index contributed by atoms with van der Waals surface area (Å²) in [7, 11) is 0. The van der Waals surface area contributed by atoms with Gasteiger partial charge in [0.05, 0.1) is 0 Å². The van der Waals surface area contributed by atoms with Gasteiger partial charge in [-0.3, -0.25) is 4.79 Å². The summed E-state index contributed by atoms with van der Waals surface area (Å²) in [5, 5.41) is 2.99. The highest BCUT2D eigenvalue weighted by Crippen LogP contribution is 2.17. The molecule has 0 fully saturated rings. The molecule has 1 amide bonds. The van der Waals surface area contributed by atoms with Crippen LogP contribution in [0, 0.1) is 6.92 Å². The van der Waals surface area contributed by atoms with Crippen molar-refractivity contribution in [1.29, 1.82) is 0 Å². The topological polar surface area (TPSA) is 55.1 Å². The zero-order valence-electron chi connectivity index (χ0n) is 11.0. The maximum atomic E-state index is 12.1. The van der Waals surface area contributed by atoms with E-state index in [4.69, 9.17) is 5.73 Å². The van der Waals surface area contributed by atoms with Crippen molar-refractivity contribution in [3.63, 3.8) is 0 Å². The minimum absolute atomic E-state index is 0.0443. The van der Waals surface area contributed by atoms with Gasteiger partial charge >= 0.3 is 0 Å². The molecule has 0 heterocycles. The molecule has 1 aromatic rings. The van der Waals surface area contributed by atoms with Crippen molar-refractivity contribution in [2.75, 3.05) is 6.54 Å². The van der Waals surface area contributed by atoms with Gasteiger partial charge in [-0.25, -0.2) is 0 Å². The molecule has 0 spiro atoms. The predicted octanol–water partition coefficient (Wildman–Crippen LogP) is 3.00. The number of carbonyl (C=O) groups is 1. The zero-order valence-corrected chi connectivity index (χ0v) is 12.6. The van der Waals surface area contributed by atoms with Crippen LogP contribution in [0.4, 0.5) is 0 Å². The number of benzene rings is 1. The largest absolute Gasteiger partial charge is 0.348 e. The van der Waals surface area contributed by atoms with Crippen molar-refractivity contribution >= 4 is 21.8 Å². The number of amides is 1. The Kier molecular flexibility index (Phi) is 6.36. The summed E-state index contributed by atoms with van der Waals surface area (Å²) in [6.45, 7) is 4.59. The van der Waals surface area contributed by atoms with E-state index in [2.05, 4.69) is 28.2 Å². The molecule has 4 heteroatoms. The third-order valence-electron chi connectivity index (χ3n) is 2.95. The van der Waals surface area contributed by atoms with Crippen molar-refractivity contribution in [2.24, 2.45) is 5.73 Å². The molecule has 18 heavy (non-hydrogen) atoms. The monoisotopic (exact) mass is 312 g/mol. The summed E-state index contributed by atoms with van der Waals surface area (Å²) in [5.41, 5.74) is 7.41. The SMILES string of the molecule is CCCCC(CN)NC(=O)c1ccc(Br)c(C)c1. The van der Waals surface area contributed by atoms with Gasteiger partial charge in [-0.05, 0) is 37.1 Å². The quantitative estimate of drug-likeness (QED) is 0.848. The van der Waals surface area contributed by atoms with Crippen molar-refractivity contribution in [2.45, 2.75) is 39.2 Å². The lowest BCUT2D eigenvalue weighted by Crippen LogP contribution is -2.40. The summed E-state index contributed by atoms with van der Waals surface area (Å²) in [6.07, 6.45) is 3.14. The summed E-state index contributed by atoms with van der Waals surface area (Å²) in [4.78, 5) is 12.1. The van der Waals surface area contributed by atoms with Crippen LogP contribution in [0.1, 0.15) is 42.1 Å². The fraction of sp³-hybridized carbons (Fsp3) is 0.500. The molecule has 3 nitrogen and oxygen atoms in total. The first-order valence-corrected chi connectivity index (χ1v) is 7.14. The van der Waals surface area contributed by atoms with E-state index in [9.17, 15) is 4.79 Å². The number of carbonyl (C=O) groups excluding carboxylic acids is 1. The zero-order chi connectivity index (χ0) is 13.5. The Morgan fingerprint density at radius 3 is 2.78 bits per heavy atom. The maximum Gasteiger partial charge on any atom is 0.251 e. The van der Waals surface area contributed by atoms with Gasteiger partial charge in [0.25, 0.3) is 5.91 Å². The van der Waals surface area contributed by atoms with E-state index in [1.54, 1.807) is 0 Å². The first kappa shape index (κ1) is 15.2. The average Bonchev–Trinajstić information content (AvgIpc) is 2.37. The molecule has 3 N–H and O–H groups in total. The third-order valence-corrected chi connectivity index (χ3v) is 3.84. The second-order valence-corrected chi connectivity index (χ2v) is 5.37. The number of unbranched alkanes of at least 4 members (excludes halogenated alkanes) is 1. The fourth-order valence-corrected chi connectivity index (χ4v) is 2.00. The van der Waals surface area contributed by atoms with Crippen LogP contribution >= 0.6 is 15.9 Å². The minimum atomic E-state index is -0.0443. The number of hydrogen-bond donors (Lipinski definition) is 2. The van der Waals surface area contributed by atoms with Crippen LogP contribution in [0.2, 0.25) is 0 Å². The van der Waals surface area contributed by atoms with Crippen LogP contribution in [0.25, 0.3) is 0 Å². The van der Waals surface area contributed by atoms with Gasteiger partial charge in [0, 0.05) is 22.6 Å². The second kappa shape index (κ2) is 7.54. The number of aryl methyl sites for hydroxylation is 1. The molecule has 0 saturated carbocycles. The first-order chi connectivity index (χ1) is 8.58. The normalized spacial score (nSPS) is 12.2. The van der Waals surface area contributed by atoms with Crippen LogP contribution in [0.5, 0.6) is 0 Å². The van der Waals surface area contributed by atoms with E-state index in [1.807, 2.05) is 25.1 Å². The third kappa shape index (κ3) is 4.42. The maximum absolute atomic E-state index is 12.1. The van der Waals surface area contributed by atoms with Crippen molar-refractivity contribution in [3.05, 3.63) is 33.8 Å². The van der Waals surface area contributed by atoms with Crippen LogP contribution in [-0.2, 0) is 0 Å². The summed E-state index contributed by atoms with van der Waals surface area (Å²) >= 11 is 3.43. The number of hydrogen-bond acceptors (Lipinski definition) is 2. The Bertz CT molecular complexity index is 407. The van der Waals surface area contributed by atoms with Crippen LogP contribution in [0.3, 0.4) is 0 Å². The van der Waals surface area contributed by atoms with Crippen molar-refractivity contribution in [1.82, 2.24) is 5.32 Å². The Morgan fingerprint density at radius 2 is 2.22 bits per heavy atom. The molecule has 0 radical (unpaired) electrons. The number of rotatable bonds is 6. The van der Waals surface area contributed by atoms with E-state index < -0.39 is 0 Å². The molecule has 0 bridgehead atoms. The Hall–Kier alpha value is -0.870. The van der Waals surface area contributed by atoms with Crippen molar-refractivity contribution in [3.8, 4) is 0 Å². The summed E-state index contributed by atoms with van der Waals surface area (Å²) < 4.78 is 1.01. The fourth-order valence-electron chi connectivity index (χ4n) is 1.75. The van der Waals surface area contributed by atoms with Gasteiger partial charge < -0.3 is 11.1 Å². The molecule has 0 aliphatic heterocycles. The number of nitrogens with two attached hydrogens (primary N) is 1. The first-order valence-electron chi connectivity index (χ1n) is 6.35. The van der Waals surface area contributed by atoms with E-state index in [0.717, 1.165) is 29.3 Å². The lowest BCUT2D eigenvalue weighted by atomic mass is 10.1. The van der Waals surface area contributed by atoms with Crippen molar-refractivity contribution < 1.29 is 4.79 Å². The highest BCUT2D eigenvalue weighted by molar-refractivity contribution is 9.10. The minimum Gasteiger partial charge on any atom is -0.348 e. The lowest BCUT2D eigenvalue weighted by molar-refractivity contribution is 0.0935. The Morgan fingerprint density at radius 1 is 1.50 bits per heavy atom. The van der Waals surface area contributed by atoms with E-state index in [1.165, 1.54) is 0 Å². The molecule has 1 rings (SSSR count). The number of halogens is 1. The Labute approximate surface area is 117 Å². The molecule has 1 unspecified atom stereocenters. The molecule has 0 aliphatic rings. The van der Waals surface area contributed by atoms with Gasteiger partial charge in [0.2, 0.25) is 0 Å². The van der Waals surface area contributed by atoms with E-state index in [0.29, 0.717) is 12.1 Å². The molecular weight excluding hydrogens is 292 g/mol. The molecule has 1 atom stereocenters. The molecule has 0 aromatic heterocycles. The smallest absolute Gasteiger partial charge is 0.251 e. The van der Waals surface area contributed by atoms with Gasteiger partial charge in [-0.1, -0.05) is 35.7 Å². The van der Waals surface area contributed by atoms with Gasteiger partial charge in [0.15, 0.2) is 0 Å². The van der Waals surface area contributed by atoms with Gasteiger partial charge in [0.1, 0.15) is 0 Å². The highest BCUT2D eigenvalue weighted by atomic mass is 79.9. The number of nitrogens with one attached hydrogen (secondary N) is 1. The molecule has 0 aliphatic carbocycles. The molecular formula is C14H21BrN2O. The van der Waals surface area contributed by atoms with E-state index >= 15 is 0 Å². The van der Waals surface area contributed by atoms with Gasteiger partial charge in [-0.2, -0.15) is 0 Å². The lowest BCUT2D eigenvalue weighted by Gasteiger charge is -2.16.